The summed E-state index contributed by atoms with van der Waals surface area (Å²) >= 11 is 0. The van der Waals surface area contributed by atoms with E-state index >= 15 is 0 Å². The Balaban J connectivity index is 0. The van der Waals surface area contributed by atoms with Crippen molar-refractivity contribution >= 4 is 6.29 Å². The Labute approximate surface area is 122 Å². The molecule has 0 amide bonds. The van der Waals surface area contributed by atoms with Crippen molar-refractivity contribution in [3.63, 3.8) is 0 Å². The van der Waals surface area contributed by atoms with E-state index in [9.17, 15) is 13.6 Å². The van der Waals surface area contributed by atoms with Crippen molar-refractivity contribution in [1.29, 1.82) is 0 Å². The first-order valence-electron chi connectivity index (χ1n) is 7.28. The second-order valence-corrected chi connectivity index (χ2v) is 4.66. The minimum Gasteiger partial charge on any atom is -0.320 e. The van der Waals surface area contributed by atoms with Gasteiger partial charge in [-0.25, -0.2) is 8.78 Å². The standard InChI is InChI=1S/C8H18N2O.C4H7F2N.C2H6/c1-9-6-4-3-5-8(7-11)10-2;1-7-2-4(5,6)3-7;1-2/h7-10H,3-6H2,1-2H3;2-3H2,1H3;1-2H3. The molecule has 1 atom stereocenters. The molecular weight excluding hydrogens is 264 g/mol. The first-order valence-corrected chi connectivity index (χ1v) is 7.28. The Morgan fingerprint density at radius 2 is 1.80 bits per heavy atom. The van der Waals surface area contributed by atoms with Crippen LogP contribution >= 0.6 is 0 Å². The number of likely N-dealkylation sites (tertiary alicyclic amines) is 1. The quantitative estimate of drug-likeness (QED) is 0.555. The van der Waals surface area contributed by atoms with E-state index in [1.165, 1.54) is 0 Å². The molecule has 1 saturated heterocycles. The third-order valence-electron chi connectivity index (χ3n) is 2.73. The lowest BCUT2D eigenvalue weighted by Gasteiger charge is -2.35. The van der Waals surface area contributed by atoms with Gasteiger partial charge >= 0.3 is 0 Å². The smallest absolute Gasteiger partial charge is 0.272 e. The van der Waals surface area contributed by atoms with Crippen LogP contribution in [0.4, 0.5) is 8.78 Å². The van der Waals surface area contributed by atoms with E-state index in [1.807, 2.05) is 27.9 Å². The molecule has 1 aliphatic rings. The SMILES string of the molecule is CC.CN1CC(F)(F)C1.CNCCCCC(C=O)NC. The average Bonchev–Trinajstić information content (AvgIpc) is 2.40. The van der Waals surface area contributed by atoms with Crippen molar-refractivity contribution in [2.75, 3.05) is 40.8 Å². The maximum absolute atomic E-state index is 11.7. The molecule has 1 fully saturated rings. The Bertz CT molecular complexity index is 220. The summed E-state index contributed by atoms with van der Waals surface area (Å²) in [5.41, 5.74) is 0. The van der Waals surface area contributed by atoms with Crippen LogP contribution in [-0.2, 0) is 4.79 Å². The fraction of sp³-hybridized carbons (Fsp3) is 0.929. The monoisotopic (exact) mass is 295 g/mol. The largest absolute Gasteiger partial charge is 0.320 e. The van der Waals surface area contributed by atoms with Crippen molar-refractivity contribution in [2.45, 2.75) is 45.1 Å². The highest BCUT2D eigenvalue weighted by molar-refractivity contribution is 5.57. The lowest BCUT2D eigenvalue weighted by Crippen LogP contribution is -2.53. The molecule has 1 heterocycles. The van der Waals surface area contributed by atoms with Crippen LogP contribution < -0.4 is 10.6 Å². The number of unbranched alkanes of at least 4 members (excludes halogenated alkanes) is 1. The second-order valence-electron chi connectivity index (χ2n) is 4.66. The Hall–Kier alpha value is -0.590. The molecule has 20 heavy (non-hydrogen) atoms. The van der Waals surface area contributed by atoms with Crippen LogP contribution in [0.15, 0.2) is 0 Å². The summed E-state index contributed by atoms with van der Waals surface area (Å²) in [7, 11) is 5.43. The predicted molar refractivity (Wildman–Crippen MR) is 80.5 cm³/mol. The first kappa shape index (κ1) is 21.7. The van der Waals surface area contributed by atoms with Crippen molar-refractivity contribution in [2.24, 2.45) is 0 Å². The number of nitrogens with one attached hydrogen (secondary N) is 2. The predicted octanol–water partition coefficient (Wildman–Crippen LogP) is 1.76. The number of likely N-dealkylation sites (N-methyl/N-ethyl adjacent to an activating group) is 1. The van der Waals surface area contributed by atoms with Gasteiger partial charge in [0.2, 0.25) is 0 Å². The van der Waals surface area contributed by atoms with Gasteiger partial charge in [-0.05, 0) is 40.5 Å². The van der Waals surface area contributed by atoms with E-state index in [-0.39, 0.29) is 19.1 Å². The molecule has 0 aromatic carbocycles. The third kappa shape index (κ3) is 12.4. The van der Waals surface area contributed by atoms with Crippen LogP contribution in [0, 0.1) is 0 Å². The highest BCUT2D eigenvalue weighted by Gasteiger charge is 2.41. The summed E-state index contributed by atoms with van der Waals surface area (Å²) in [4.78, 5) is 11.9. The van der Waals surface area contributed by atoms with Gasteiger partial charge < -0.3 is 15.4 Å². The molecule has 6 heteroatoms. The van der Waals surface area contributed by atoms with Crippen LogP contribution in [0.5, 0.6) is 0 Å². The summed E-state index contributed by atoms with van der Waals surface area (Å²) in [5, 5.41) is 6.01. The lowest BCUT2D eigenvalue weighted by molar-refractivity contribution is -0.119. The van der Waals surface area contributed by atoms with E-state index < -0.39 is 5.92 Å². The van der Waals surface area contributed by atoms with Gasteiger partial charge in [-0.3, -0.25) is 4.90 Å². The van der Waals surface area contributed by atoms with Crippen LogP contribution in [0.3, 0.4) is 0 Å². The van der Waals surface area contributed by atoms with Crippen LogP contribution in [0.2, 0.25) is 0 Å². The molecular formula is C14H31F2N3O. The molecule has 1 unspecified atom stereocenters. The lowest BCUT2D eigenvalue weighted by atomic mass is 10.1. The molecule has 122 valence electrons. The minimum absolute atomic E-state index is 0.0480. The molecule has 0 aromatic rings. The van der Waals surface area contributed by atoms with Gasteiger partial charge in [-0.2, -0.15) is 0 Å². The van der Waals surface area contributed by atoms with E-state index in [4.69, 9.17) is 0 Å². The number of aldehydes is 1. The molecule has 0 aromatic heterocycles. The molecule has 0 aliphatic carbocycles. The van der Waals surface area contributed by atoms with Crippen LogP contribution in [0.1, 0.15) is 33.1 Å². The molecule has 4 nitrogen and oxygen atoms in total. The molecule has 0 spiro atoms. The number of hydrogen-bond donors (Lipinski definition) is 2. The van der Waals surface area contributed by atoms with E-state index in [1.54, 1.807) is 11.9 Å². The van der Waals surface area contributed by atoms with Gasteiger partial charge in [0, 0.05) is 0 Å². The topological polar surface area (TPSA) is 44.4 Å². The Morgan fingerprint density at radius 3 is 2.05 bits per heavy atom. The summed E-state index contributed by atoms with van der Waals surface area (Å²) in [5.74, 6) is -2.38. The van der Waals surface area contributed by atoms with E-state index in [0.717, 1.165) is 32.1 Å². The zero-order valence-corrected chi connectivity index (χ0v) is 13.5. The fourth-order valence-corrected chi connectivity index (χ4v) is 1.69. The van der Waals surface area contributed by atoms with Gasteiger partial charge in [0.05, 0.1) is 19.1 Å². The number of carbonyl (C=O) groups excluding carboxylic acids is 1. The molecule has 1 aliphatic heterocycles. The number of nitrogens with zero attached hydrogens (tertiary/aromatic N) is 1. The molecule has 0 saturated carbocycles. The van der Waals surface area contributed by atoms with E-state index in [2.05, 4.69) is 10.6 Å². The molecule has 0 radical (unpaired) electrons. The van der Waals surface area contributed by atoms with E-state index in [0.29, 0.717) is 0 Å². The zero-order chi connectivity index (χ0) is 16.0. The van der Waals surface area contributed by atoms with Gasteiger partial charge in [-0.1, -0.05) is 20.3 Å². The molecule has 0 bridgehead atoms. The van der Waals surface area contributed by atoms with Crippen molar-refractivity contribution in [3.8, 4) is 0 Å². The minimum atomic E-state index is -2.38. The first-order chi connectivity index (χ1) is 9.45. The normalized spacial score (nSPS) is 17.8. The summed E-state index contributed by atoms with van der Waals surface area (Å²) in [6, 6.07) is 0.0480. The highest BCUT2D eigenvalue weighted by Crippen LogP contribution is 2.23. The number of hydrogen-bond acceptors (Lipinski definition) is 4. The summed E-state index contributed by atoms with van der Waals surface area (Å²) in [6.07, 6.45) is 4.16. The molecule has 1 rings (SSSR count). The fourth-order valence-electron chi connectivity index (χ4n) is 1.69. The highest BCUT2D eigenvalue weighted by atomic mass is 19.3. The van der Waals surface area contributed by atoms with Crippen molar-refractivity contribution < 1.29 is 13.6 Å². The van der Waals surface area contributed by atoms with Crippen molar-refractivity contribution in [3.05, 3.63) is 0 Å². The average molecular weight is 295 g/mol. The van der Waals surface area contributed by atoms with Gasteiger partial charge in [0.25, 0.3) is 5.92 Å². The van der Waals surface area contributed by atoms with Gasteiger partial charge in [-0.15, -0.1) is 0 Å². The number of halogens is 2. The summed E-state index contributed by atoms with van der Waals surface area (Å²) in [6.45, 7) is 4.91. The van der Waals surface area contributed by atoms with Crippen LogP contribution in [0.25, 0.3) is 0 Å². The number of alkyl halides is 2. The molecule has 2 N–H and O–H groups in total. The van der Waals surface area contributed by atoms with Gasteiger partial charge in [0.1, 0.15) is 6.29 Å². The zero-order valence-electron chi connectivity index (χ0n) is 13.5. The van der Waals surface area contributed by atoms with Crippen molar-refractivity contribution in [1.82, 2.24) is 15.5 Å². The third-order valence-corrected chi connectivity index (χ3v) is 2.73. The second kappa shape index (κ2) is 13.4. The van der Waals surface area contributed by atoms with Crippen LogP contribution in [-0.4, -0.2) is 63.9 Å². The maximum atomic E-state index is 11.7. The number of rotatable bonds is 7. The Kier molecular flexibility index (Phi) is 14.5. The Morgan fingerprint density at radius 1 is 1.25 bits per heavy atom. The maximum Gasteiger partial charge on any atom is 0.272 e. The number of carbonyl (C=O) groups is 1. The van der Waals surface area contributed by atoms with Gasteiger partial charge in [0.15, 0.2) is 0 Å². The summed E-state index contributed by atoms with van der Waals surface area (Å²) < 4.78 is 23.5.